The molecule has 2 rings (SSSR count). The van der Waals surface area contributed by atoms with Gasteiger partial charge in [0.05, 0.1) is 12.5 Å². The first-order chi connectivity index (χ1) is 10.6. The molecule has 2 aromatic rings. The van der Waals surface area contributed by atoms with Crippen molar-refractivity contribution in [2.24, 2.45) is 0 Å². The van der Waals surface area contributed by atoms with Crippen molar-refractivity contribution in [1.29, 1.82) is 0 Å². The van der Waals surface area contributed by atoms with Crippen LogP contribution in [0, 0.1) is 0 Å². The van der Waals surface area contributed by atoms with Gasteiger partial charge in [-0.25, -0.2) is 4.98 Å². The summed E-state index contributed by atoms with van der Waals surface area (Å²) in [7, 11) is 1.55. The van der Waals surface area contributed by atoms with Crippen LogP contribution in [0.3, 0.4) is 0 Å². The van der Waals surface area contributed by atoms with Crippen LogP contribution in [0.5, 0.6) is 0 Å². The summed E-state index contributed by atoms with van der Waals surface area (Å²) in [6, 6.07) is 8.80. The van der Waals surface area contributed by atoms with Gasteiger partial charge in [0, 0.05) is 19.0 Å². The van der Waals surface area contributed by atoms with Crippen LogP contribution in [0.2, 0.25) is 0 Å². The number of rotatable bonds is 7. The predicted octanol–water partition coefficient (Wildman–Crippen LogP) is 1.89. The predicted molar refractivity (Wildman–Crippen MR) is 82.0 cm³/mol. The van der Waals surface area contributed by atoms with Crippen molar-refractivity contribution < 1.29 is 19.4 Å². The molecule has 0 spiro atoms. The largest absolute Gasteiger partial charge is 0.481 e. The molecule has 22 heavy (non-hydrogen) atoms. The van der Waals surface area contributed by atoms with Crippen LogP contribution < -0.4 is 5.32 Å². The van der Waals surface area contributed by atoms with Crippen LogP contribution in [-0.2, 0) is 16.1 Å². The molecule has 1 amide bonds. The van der Waals surface area contributed by atoms with Crippen LogP contribution in [0.15, 0.2) is 35.7 Å². The monoisotopic (exact) mass is 320 g/mol. The van der Waals surface area contributed by atoms with Crippen molar-refractivity contribution in [3.63, 3.8) is 0 Å². The summed E-state index contributed by atoms with van der Waals surface area (Å²) in [6.45, 7) is 0.356. The Bertz CT molecular complexity index is 642. The fourth-order valence-electron chi connectivity index (χ4n) is 1.92. The van der Waals surface area contributed by atoms with Gasteiger partial charge in [-0.2, -0.15) is 0 Å². The van der Waals surface area contributed by atoms with E-state index in [4.69, 9.17) is 4.74 Å². The van der Waals surface area contributed by atoms with E-state index in [9.17, 15) is 14.7 Å². The minimum atomic E-state index is -0.982. The molecule has 0 fully saturated rings. The zero-order chi connectivity index (χ0) is 15.9. The molecule has 7 heteroatoms. The standard InChI is InChI=1S/C15H16N2O4S/c1-21-8-13-17-12(9-22-13)14(18)16-7-11(15(19)20)10-5-3-2-4-6-10/h2-6,9,11H,7-8H2,1H3,(H,16,18)(H,19,20). The number of benzene rings is 1. The van der Waals surface area contributed by atoms with Crippen LogP contribution in [0.4, 0.5) is 0 Å². The smallest absolute Gasteiger partial charge is 0.312 e. The Labute approximate surface area is 131 Å². The lowest BCUT2D eigenvalue weighted by atomic mass is 9.99. The lowest BCUT2D eigenvalue weighted by molar-refractivity contribution is -0.138. The number of hydrogen-bond donors (Lipinski definition) is 2. The van der Waals surface area contributed by atoms with Gasteiger partial charge in [-0.1, -0.05) is 30.3 Å². The number of carbonyl (C=O) groups excluding carboxylic acids is 1. The van der Waals surface area contributed by atoms with Crippen molar-refractivity contribution >= 4 is 23.2 Å². The fourth-order valence-corrected chi connectivity index (χ4v) is 2.67. The molecule has 0 aliphatic heterocycles. The molecule has 0 radical (unpaired) electrons. The molecule has 116 valence electrons. The lowest BCUT2D eigenvalue weighted by Crippen LogP contribution is -2.31. The highest BCUT2D eigenvalue weighted by Gasteiger charge is 2.21. The Morgan fingerprint density at radius 1 is 1.36 bits per heavy atom. The molecule has 1 unspecified atom stereocenters. The van der Waals surface area contributed by atoms with E-state index < -0.39 is 11.9 Å². The van der Waals surface area contributed by atoms with Gasteiger partial charge in [0.25, 0.3) is 5.91 Å². The number of carboxylic acids is 1. The molecule has 0 saturated heterocycles. The Kier molecular flexibility index (Phi) is 5.62. The highest BCUT2D eigenvalue weighted by atomic mass is 32.1. The summed E-state index contributed by atoms with van der Waals surface area (Å²) >= 11 is 1.33. The minimum Gasteiger partial charge on any atom is -0.481 e. The van der Waals surface area contributed by atoms with E-state index in [0.29, 0.717) is 17.2 Å². The van der Waals surface area contributed by atoms with Gasteiger partial charge in [0.15, 0.2) is 0 Å². The number of thiazole rings is 1. The van der Waals surface area contributed by atoms with Crippen molar-refractivity contribution in [2.75, 3.05) is 13.7 Å². The van der Waals surface area contributed by atoms with Crippen LogP contribution in [0.25, 0.3) is 0 Å². The van der Waals surface area contributed by atoms with E-state index in [1.807, 2.05) is 6.07 Å². The molecule has 0 saturated carbocycles. The second-order valence-electron chi connectivity index (χ2n) is 4.57. The Hall–Kier alpha value is -2.25. The van der Waals surface area contributed by atoms with Gasteiger partial charge in [-0.05, 0) is 5.56 Å². The average molecular weight is 320 g/mol. The third-order valence-corrected chi connectivity index (χ3v) is 3.84. The fraction of sp³-hybridized carbons (Fsp3) is 0.267. The molecule has 1 aromatic carbocycles. The first-order valence-electron chi connectivity index (χ1n) is 6.61. The molecule has 6 nitrogen and oxygen atoms in total. The minimum absolute atomic E-state index is 0.00924. The van der Waals surface area contributed by atoms with Crippen molar-refractivity contribution in [3.8, 4) is 0 Å². The van der Waals surface area contributed by atoms with Crippen LogP contribution >= 0.6 is 11.3 Å². The van der Waals surface area contributed by atoms with Crippen LogP contribution in [0.1, 0.15) is 27.0 Å². The maximum atomic E-state index is 12.0. The van der Waals surface area contributed by atoms with E-state index in [1.165, 1.54) is 11.3 Å². The molecule has 1 aromatic heterocycles. The SMILES string of the molecule is COCc1nc(C(=O)NCC(C(=O)O)c2ccccc2)cs1. The molecular formula is C15H16N2O4S. The number of amides is 1. The molecule has 2 N–H and O–H groups in total. The number of aromatic nitrogens is 1. The quantitative estimate of drug-likeness (QED) is 0.813. The zero-order valence-corrected chi connectivity index (χ0v) is 12.8. The topological polar surface area (TPSA) is 88.5 Å². The highest BCUT2D eigenvalue weighted by Crippen LogP contribution is 2.15. The van der Waals surface area contributed by atoms with E-state index in [-0.39, 0.29) is 18.1 Å². The third kappa shape index (κ3) is 4.12. The number of aliphatic carboxylic acids is 1. The van der Waals surface area contributed by atoms with Crippen LogP contribution in [-0.4, -0.2) is 35.6 Å². The normalized spacial score (nSPS) is 11.9. The number of carbonyl (C=O) groups is 2. The molecular weight excluding hydrogens is 304 g/mol. The van der Waals surface area contributed by atoms with Gasteiger partial charge in [0.1, 0.15) is 10.7 Å². The number of carboxylic acid groups (broad SMARTS) is 1. The van der Waals surface area contributed by atoms with E-state index in [1.54, 1.807) is 36.8 Å². The number of ether oxygens (including phenoxy) is 1. The van der Waals surface area contributed by atoms with Gasteiger partial charge < -0.3 is 15.2 Å². The number of methoxy groups -OCH3 is 1. The maximum Gasteiger partial charge on any atom is 0.312 e. The summed E-state index contributed by atoms with van der Waals surface area (Å²) in [5.41, 5.74) is 0.919. The van der Waals surface area contributed by atoms with Crippen molar-refractivity contribution in [3.05, 3.63) is 52.0 Å². The first-order valence-corrected chi connectivity index (χ1v) is 7.49. The first kappa shape index (κ1) is 16.1. The summed E-state index contributed by atoms with van der Waals surface area (Å²) in [5.74, 6) is -2.16. The molecule has 0 bridgehead atoms. The van der Waals surface area contributed by atoms with Gasteiger partial charge >= 0.3 is 5.97 Å². The molecule has 0 aliphatic carbocycles. The molecule has 0 aliphatic rings. The molecule has 1 heterocycles. The summed E-state index contributed by atoms with van der Waals surface area (Å²) in [6.07, 6.45) is 0. The Morgan fingerprint density at radius 3 is 2.73 bits per heavy atom. The van der Waals surface area contributed by atoms with Gasteiger partial charge in [-0.3, -0.25) is 9.59 Å². The zero-order valence-electron chi connectivity index (χ0n) is 12.0. The van der Waals surface area contributed by atoms with Gasteiger partial charge in [-0.15, -0.1) is 11.3 Å². The second kappa shape index (κ2) is 7.67. The lowest BCUT2D eigenvalue weighted by Gasteiger charge is -2.13. The van der Waals surface area contributed by atoms with E-state index in [2.05, 4.69) is 10.3 Å². The van der Waals surface area contributed by atoms with Crippen molar-refractivity contribution in [2.45, 2.75) is 12.5 Å². The number of nitrogens with zero attached hydrogens (tertiary/aromatic N) is 1. The average Bonchev–Trinajstić information content (AvgIpc) is 2.97. The molecule has 1 atom stereocenters. The van der Waals surface area contributed by atoms with Crippen molar-refractivity contribution in [1.82, 2.24) is 10.3 Å². The van der Waals surface area contributed by atoms with E-state index in [0.717, 1.165) is 0 Å². The summed E-state index contributed by atoms with van der Waals surface area (Å²) < 4.78 is 4.95. The number of hydrogen-bond acceptors (Lipinski definition) is 5. The second-order valence-corrected chi connectivity index (χ2v) is 5.51. The van der Waals surface area contributed by atoms with Gasteiger partial charge in [0.2, 0.25) is 0 Å². The third-order valence-electron chi connectivity index (χ3n) is 3.02. The number of nitrogens with one attached hydrogen (secondary N) is 1. The maximum absolute atomic E-state index is 12.0. The highest BCUT2D eigenvalue weighted by molar-refractivity contribution is 7.09. The Balaban J connectivity index is 2.00. The summed E-state index contributed by atoms with van der Waals surface area (Å²) in [4.78, 5) is 27.5. The van der Waals surface area contributed by atoms with E-state index >= 15 is 0 Å². The summed E-state index contributed by atoms with van der Waals surface area (Å²) in [5, 5.41) is 14.2. The Morgan fingerprint density at radius 2 is 2.09 bits per heavy atom.